The maximum absolute atomic E-state index is 14.0. The minimum Gasteiger partial charge on any atom is -0.474 e. The highest BCUT2D eigenvalue weighted by Crippen LogP contribution is 2.27. The van der Waals surface area contributed by atoms with Crippen LogP contribution in [-0.2, 0) is 25.5 Å². The van der Waals surface area contributed by atoms with Crippen molar-refractivity contribution in [1.82, 2.24) is 31.2 Å². The first-order valence-electron chi connectivity index (χ1n) is 18.5. The van der Waals surface area contributed by atoms with Crippen LogP contribution >= 0.6 is 22.7 Å². The van der Waals surface area contributed by atoms with Crippen LogP contribution in [0.4, 0.5) is 0 Å². The Morgan fingerprint density at radius 1 is 0.722 bits per heavy atom. The van der Waals surface area contributed by atoms with E-state index in [1.807, 2.05) is 58.0 Å². The number of rotatable bonds is 6. The first kappa shape index (κ1) is 39.0. The van der Waals surface area contributed by atoms with Gasteiger partial charge in [-0.05, 0) is 51.0 Å². The van der Waals surface area contributed by atoms with Gasteiger partial charge >= 0.3 is 0 Å². The van der Waals surface area contributed by atoms with Crippen molar-refractivity contribution in [2.75, 3.05) is 0 Å². The van der Waals surface area contributed by atoms with E-state index in [2.05, 4.69) is 31.2 Å². The predicted octanol–water partition coefficient (Wildman–Crippen LogP) is 4.55. The zero-order valence-electron chi connectivity index (χ0n) is 31.5. The number of carbonyl (C=O) groups is 4. The SMILES string of the molecule is CCC(C)[C@@H]1NC(=O)c2csc(n2)[C@@H](C)NC(=O)[C@H]2N=C(O[C@@H]2C)[C@H](CC(C)C)NC(=O)c2csc(n2)[C@@H](Cc2ccccc2)NC(=O)C2N=C1O[C@@H]2C. The molecule has 54 heavy (non-hydrogen) atoms. The van der Waals surface area contributed by atoms with E-state index in [1.165, 1.54) is 22.7 Å². The lowest BCUT2D eigenvalue weighted by atomic mass is 9.98. The Morgan fingerprint density at radius 3 is 1.94 bits per heavy atom. The zero-order chi connectivity index (χ0) is 38.7. The highest BCUT2D eigenvalue weighted by Gasteiger charge is 2.41. The van der Waals surface area contributed by atoms with E-state index >= 15 is 0 Å². The molecule has 5 heterocycles. The van der Waals surface area contributed by atoms with Crippen molar-refractivity contribution in [2.24, 2.45) is 21.8 Å². The number of carbonyl (C=O) groups excluding carboxylic acids is 4. The van der Waals surface area contributed by atoms with Crippen LogP contribution in [0.1, 0.15) is 110 Å². The fourth-order valence-electron chi connectivity index (χ4n) is 6.56. The largest absolute Gasteiger partial charge is 0.474 e. The number of aliphatic imine (C=N–C) groups is 2. The molecule has 0 saturated heterocycles. The predicted molar refractivity (Wildman–Crippen MR) is 207 cm³/mol. The van der Waals surface area contributed by atoms with E-state index in [-0.39, 0.29) is 46.8 Å². The minimum absolute atomic E-state index is 0.0801. The van der Waals surface area contributed by atoms with Gasteiger partial charge in [-0.2, -0.15) is 0 Å². The van der Waals surface area contributed by atoms with Gasteiger partial charge in [0.2, 0.25) is 23.6 Å². The van der Waals surface area contributed by atoms with Gasteiger partial charge in [-0.1, -0.05) is 64.4 Å². The number of benzene rings is 1. The Balaban J connectivity index is 1.37. The van der Waals surface area contributed by atoms with Crippen molar-refractivity contribution in [1.29, 1.82) is 0 Å². The van der Waals surface area contributed by atoms with Crippen molar-refractivity contribution in [3.8, 4) is 0 Å². The van der Waals surface area contributed by atoms with Gasteiger partial charge in [0, 0.05) is 10.8 Å². The van der Waals surface area contributed by atoms with Gasteiger partial charge in [-0.3, -0.25) is 19.2 Å². The van der Waals surface area contributed by atoms with Crippen LogP contribution < -0.4 is 21.3 Å². The second-order valence-corrected chi connectivity index (χ2v) is 16.4. The summed E-state index contributed by atoms with van der Waals surface area (Å²) in [5.74, 6) is -0.939. The van der Waals surface area contributed by atoms with E-state index in [0.29, 0.717) is 29.3 Å². The number of ether oxygens (including phenoxy) is 2. The normalized spacial score (nSPS) is 28.4. The summed E-state index contributed by atoms with van der Waals surface area (Å²) >= 11 is 2.53. The summed E-state index contributed by atoms with van der Waals surface area (Å²) in [6.45, 7) is 13.4. The molecular formula is C38H48N8O6S2. The fraction of sp³-hybridized carbons (Fsp3) is 0.526. The van der Waals surface area contributed by atoms with Crippen LogP contribution in [0.15, 0.2) is 51.1 Å². The highest BCUT2D eigenvalue weighted by atomic mass is 32.1. The lowest BCUT2D eigenvalue weighted by Crippen LogP contribution is -2.45. The lowest BCUT2D eigenvalue weighted by Gasteiger charge is -2.24. The molecule has 0 saturated carbocycles. The van der Waals surface area contributed by atoms with Gasteiger partial charge in [-0.25, -0.2) is 20.0 Å². The van der Waals surface area contributed by atoms with E-state index in [1.54, 1.807) is 31.5 Å². The van der Waals surface area contributed by atoms with Gasteiger partial charge in [0.1, 0.15) is 45.7 Å². The van der Waals surface area contributed by atoms with Gasteiger partial charge in [0.25, 0.3) is 11.8 Å². The number of hydrogen-bond acceptors (Lipinski definition) is 12. The molecule has 3 aromatic rings. The second-order valence-electron chi connectivity index (χ2n) is 14.6. The van der Waals surface area contributed by atoms with Crippen LogP contribution in [0.3, 0.4) is 0 Å². The molecule has 0 fully saturated rings. The summed E-state index contributed by atoms with van der Waals surface area (Å²) in [5, 5.41) is 16.6. The maximum atomic E-state index is 14.0. The summed E-state index contributed by atoms with van der Waals surface area (Å²) in [7, 11) is 0. The van der Waals surface area contributed by atoms with Crippen molar-refractivity contribution in [2.45, 2.75) is 116 Å². The third kappa shape index (κ3) is 8.81. The topological polar surface area (TPSA) is 185 Å². The molecule has 6 rings (SSSR count). The average Bonchev–Trinajstić information content (AvgIpc) is 3.96. The number of nitrogens with zero attached hydrogens (tertiary/aromatic N) is 4. The number of nitrogens with one attached hydrogen (secondary N) is 4. The molecular weight excluding hydrogens is 729 g/mol. The summed E-state index contributed by atoms with van der Waals surface area (Å²) in [4.78, 5) is 73.6. The second kappa shape index (κ2) is 16.8. The number of thiazole rings is 2. The number of aromatic nitrogens is 2. The van der Waals surface area contributed by atoms with Crippen LogP contribution in [0, 0.1) is 11.8 Å². The molecule has 4 amide bonds. The van der Waals surface area contributed by atoms with Gasteiger partial charge in [0.05, 0.1) is 12.1 Å². The standard InChI is InChI=1S/C38H48N8O6S2/c1-8-19(4)28-36-46-30(22(7)52-36)34(50)41-25(15-23-12-10-9-11-13-23)38-43-26(17-54-38)31(47)40-24(14-18(2)3)35-45-29(21(6)51-35)33(49)39-20(5)37-42-27(16-53-37)32(48)44-28/h9-13,16-22,24-25,28-30H,8,14-15H2,1-7H3,(H,39,49)(H,40,47)(H,41,50)(H,44,48)/t19?,20-,21-,22-,24+,25-,28+,29+,30?/m1/s1. The van der Waals surface area contributed by atoms with Crippen molar-refractivity contribution in [3.05, 3.63) is 68.1 Å². The number of fused-ring (bicyclic) bond motifs is 6. The first-order valence-corrected chi connectivity index (χ1v) is 20.2. The van der Waals surface area contributed by atoms with Crippen molar-refractivity contribution >= 4 is 58.1 Å². The molecule has 4 N–H and O–H groups in total. The number of amides is 4. The monoisotopic (exact) mass is 776 g/mol. The molecule has 3 aliphatic rings. The molecule has 288 valence electrons. The molecule has 16 heteroatoms. The third-order valence-corrected chi connectivity index (χ3v) is 11.8. The Bertz CT molecular complexity index is 1910. The zero-order valence-corrected chi connectivity index (χ0v) is 33.1. The molecule has 3 aliphatic heterocycles. The summed E-state index contributed by atoms with van der Waals surface area (Å²) in [5.41, 5.74) is 1.35. The molecule has 0 spiro atoms. The van der Waals surface area contributed by atoms with Crippen LogP contribution in [0.25, 0.3) is 0 Å². The molecule has 2 aromatic heterocycles. The molecule has 8 bridgehead atoms. The van der Waals surface area contributed by atoms with Crippen molar-refractivity contribution < 1.29 is 28.7 Å². The van der Waals surface area contributed by atoms with Crippen molar-refractivity contribution in [3.63, 3.8) is 0 Å². The smallest absolute Gasteiger partial charge is 0.271 e. The quantitative estimate of drug-likeness (QED) is 0.281. The van der Waals surface area contributed by atoms with E-state index in [9.17, 15) is 19.2 Å². The Kier molecular flexibility index (Phi) is 12.1. The van der Waals surface area contributed by atoms with Gasteiger partial charge in [-0.15, -0.1) is 22.7 Å². The molecule has 2 unspecified atom stereocenters. The van der Waals surface area contributed by atoms with E-state index in [0.717, 1.165) is 5.56 Å². The third-order valence-electron chi connectivity index (χ3n) is 9.78. The minimum atomic E-state index is -0.888. The fourth-order valence-corrected chi connectivity index (χ4v) is 8.21. The number of hydrogen-bond donors (Lipinski definition) is 4. The van der Waals surface area contributed by atoms with Crippen LogP contribution in [-0.4, -0.2) is 81.8 Å². The average molecular weight is 777 g/mol. The van der Waals surface area contributed by atoms with E-state index in [4.69, 9.17) is 19.5 Å². The molecule has 0 radical (unpaired) electrons. The van der Waals surface area contributed by atoms with Gasteiger partial charge < -0.3 is 30.7 Å². The Hall–Kier alpha value is -4.70. The molecule has 0 aliphatic carbocycles. The molecule has 9 atom stereocenters. The molecule has 1 aromatic carbocycles. The van der Waals surface area contributed by atoms with E-state index < -0.39 is 60.3 Å². The Labute approximate surface area is 323 Å². The highest BCUT2D eigenvalue weighted by molar-refractivity contribution is 7.10. The maximum Gasteiger partial charge on any atom is 0.271 e. The van der Waals surface area contributed by atoms with Crippen LogP contribution in [0.2, 0.25) is 0 Å². The summed E-state index contributed by atoms with van der Waals surface area (Å²) < 4.78 is 12.3. The lowest BCUT2D eigenvalue weighted by molar-refractivity contribution is -0.125. The summed E-state index contributed by atoms with van der Waals surface area (Å²) in [6, 6.07) is 5.63. The first-order chi connectivity index (χ1) is 25.8. The summed E-state index contributed by atoms with van der Waals surface area (Å²) in [6.07, 6.45) is 0.442. The Morgan fingerprint density at radius 2 is 1.30 bits per heavy atom. The van der Waals surface area contributed by atoms with Crippen LogP contribution in [0.5, 0.6) is 0 Å². The van der Waals surface area contributed by atoms with Gasteiger partial charge in [0.15, 0.2) is 12.1 Å². The molecule has 14 nitrogen and oxygen atoms in total.